The van der Waals surface area contributed by atoms with E-state index >= 15 is 0 Å². The molecule has 1 atom stereocenters. The molecule has 144 valence electrons. The molecule has 0 radical (unpaired) electrons. The predicted octanol–water partition coefficient (Wildman–Crippen LogP) is 0.928. The SMILES string of the molecule is CCOC(=O)C1=C(COCCN)NC2=C(C(=O)CC(C)(C)C2)C1C(N)=S. The molecule has 0 bridgehead atoms. The summed E-state index contributed by atoms with van der Waals surface area (Å²) in [5, 5.41) is 3.23. The third kappa shape index (κ3) is 4.31. The van der Waals surface area contributed by atoms with E-state index in [1.807, 2.05) is 13.8 Å². The fraction of sp³-hybridized carbons (Fsp3) is 0.611. The van der Waals surface area contributed by atoms with Crippen molar-refractivity contribution in [3.63, 3.8) is 0 Å². The number of nitrogens with two attached hydrogens (primary N) is 2. The summed E-state index contributed by atoms with van der Waals surface area (Å²) in [5.74, 6) is -1.36. The lowest BCUT2D eigenvalue weighted by atomic mass is 9.70. The van der Waals surface area contributed by atoms with Gasteiger partial charge in [-0.2, -0.15) is 0 Å². The molecule has 8 heteroatoms. The normalized spacial score (nSPS) is 22.0. The summed E-state index contributed by atoms with van der Waals surface area (Å²) >= 11 is 5.22. The van der Waals surface area contributed by atoms with Crippen LogP contribution in [0, 0.1) is 11.3 Å². The van der Waals surface area contributed by atoms with Gasteiger partial charge in [-0.05, 0) is 18.8 Å². The van der Waals surface area contributed by atoms with Crippen molar-refractivity contribution >= 4 is 29.0 Å². The molecule has 1 unspecified atom stereocenters. The molecule has 5 N–H and O–H groups in total. The van der Waals surface area contributed by atoms with Crippen molar-refractivity contribution in [2.75, 3.05) is 26.4 Å². The fourth-order valence-corrected chi connectivity index (χ4v) is 3.69. The maximum Gasteiger partial charge on any atom is 0.336 e. The third-order valence-electron chi connectivity index (χ3n) is 4.41. The number of esters is 1. The second-order valence-electron chi connectivity index (χ2n) is 7.25. The van der Waals surface area contributed by atoms with Crippen LogP contribution < -0.4 is 16.8 Å². The second-order valence-corrected chi connectivity index (χ2v) is 7.72. The number of thiocarbonyl (C=S) groups is 1. The summed E-state index contributed by atoms with van der Waals surface area (Å²) in [6.45, 7) is 6.82. The summed E-state index contributed by atoms with van der Waals surface area (Å²) in [6.07, 6.45) is 1.03. The molecule has 0 aromatic rings. The lowest BCUT2D eigenvalue weighted by Gasteiger charge is -2.39. The molecule has 0 aromatic heterocycles. The van der Waals surface area contributed by atoms with Crippen molar-refractivity contribution in [1.82, 2.24) is 5.32 Å². The van der Waals surface area contributed by atoms with Gasteiger partial charge < -0.3 is 26.3 Å². The molecule has 2 aliphatic rings. The first-order chi connectivity index (χ1) is 12.2. The van der Waals surface area contributed by atoms with E-state index in [0.29, 0.717) is 37.3 Å². The average Bonchev–Trinajstić information content (AvgIpc) is 2.52. The average molecular weight is 381 g/mol. The van der Waals surface area contributed by atoms with Gasteiger partial charge in [0.2, 0.25) is 0 Å². The van der Waals surface area contributed by atoms with Crippen molar-refractivity contribution < 1.29 is 19.1 Å². The zero-order valence-electron chi connectivity index (χ0n) is 15.5. The number of hydrogen-bond donors (Lipinski definition) is 3. The van der Waals surface area contributed by atoms with Crippen LogP contribution in [0.25, 0.3) is 0 Å². The van der Waals surface area contributed by atoms with Gasteiger partial charge in [0, 0.05) is 24.2 Å². The second kappa shape index (κ2) is 8.28. The lowest BCUT2D eigenvalue weighted by molar-refractivity contribution is -0.139. The highest BCUT2D eigenvalue weighted by Gasteiger charge is 2.44. The monoisotopic (exact) mass is 381 g/mol. The van der Waals surface area contributed by atoms with Gasteiger partial charge in [0.05, 0.1) is 42.0 Å². The van der Waals surface area contributed by atoms with Crippen molar-refractivity contribution in [2.24, 2.45) is 22.8 Å². The van der Waals surface area contributed by atoms with E-state index < -0.39 is 11.9 Å². The van der Waals surface area contributed by atoms with E-state index in [-0.39, 0.29) is 35.0 Å². The Morgan fingerprint density at radius 1 is 1.38 bits per heavy atom. The molecular weight excluding hydrogens is 354 g/mol. The zero-order valence-corrected chi connectivity index (χ0v) is 16.3. The minimum atomic E-state index is -0.764. The number of allylic oxidation sites excluding steroid dienone is 1. The molecule has 0 saturated carbocycles. The Hall–Kier alpha value is -1.77. The molecular formula is C18H27N3O4S. The molecule has 1 aliphatic heterocycles. The van der Waals surface area contributed by atoms with Crippen LogP contribution >= 0.6 is 12.2 Å². The highest BCUT2D eigenvalue weighted by atomic mass is 32.1. The van der Waals surface area contributed by atoms with Crippen LogP contribution in [0.3, 0.4) is 0 Å². The number of dihydropyridines is 1. The summed E-state index contributed by atoms with van der Waals surface area (Å²) in [5.41, 5.74) is 13.3. The van der Waals surface area contributed by atoms with Crippen LogP contribution in [-0.2, 0) is 19.1 Å². The molecule has 0 amide bonds. The Labute approximate surface area is 159 Å². The molecule has 2 rings (SSSR count). The molecule has 0 fully saturated rings. The number of carbonyl (C=O) groups excluding carboxylic acids is 2. The molecule has 0 aromatic carbocycles. The smallest absolute Gasteiger partial charge is 0.336 e. The molecule has 1 aliphatic carbocycles. The van der Waals surface area contributed by atoms with E-state index in [4.69, 9.17) is 33.2 Å². The standard InChI is InChI=1S/C18H27N3O4S/c1-4-25-17(23)14-11(9-24-6-5-19)21-10-7-18(2,3)8-12(22)13(10)15(14)16(20)26/h15,21H,4-9,19H2,1-3H3,(H2,20,26). The van der Waals surface area contributed by atoms with Crippen LogP contribution in [0.15, 0.2) is 22.5 Å². The molecule has 0 saturated heterocycles. The topological polar surface area (TPSA) is 117 Å². The van der Waals surface area contributed by atoms with Crippen molar-refractivity contribution in [3.8, 4) is 0 Å². The third-order valence-corrected chi connectivity index (χ3v) is 4.65. The highest BCUT2D eigenvalue weighted by molar-refractivity contribution is 7.80. The molecule has 0 spiro atoms. The Kier molecular flexibility index (Phi) is 6.54. The van der Waals surface area contributed by atoms with Gasteiger partial charge in [0.15, 0.2) is 5.78 Å². The zero-order chi connectivity index (χ0) is 19.5. The lowest BCUT2D eigenvalue weighted by Crippen LogP contribution is -2.44. The minimum Gasteiger partial charge on any atom is -0.463 e. The fourth-order valence-electron chi connectivity index (χ4n) is 3.46. The Bertz CT molecular complexity index is 682. The summed E-state index contributed by atoms with van der Waals surface area (Å²) in [7, 11) is 0. The quantitative estimate of drug-likeness (QED) is 0.339. The van der Waals surface area contributed by atoms with E-state index in [2.05, 4.69) is 5.32 Å². The van der Waals surface area contributed by atoms with Crippen LogP contribution in [0.2, 0.25) is 0 Å². The number of Topliss-reactive ketones (excluding diaryl/α,β-unsaturated/α-hetero) is 1. The van der Waals surface area contributed by atoms with Gasteiger partial charge in [-0.1, -0.05) is 26.1 Å². The van der Waals surface area contributed by atoms with Crippen molar-refractivity contribution in [2.45, 2.75) is 33.6 Å². The molecule has 26 heavy (non-hydrogen) atoms. The molecule has 1 heterocycles. The van der Waals surface area contributed by atoms with Crippen LogP contribution in [-0.4, -0.2) is 43.1 Å². The number of carbonyl (C=O) groups is 2. The van der Waals surface area contributed by atoms with Crippen LogP contribution in [0.5, 0.6) is 0 Å². The first-order valence-electron chi connectivity index (χ1n) is 8.72. The van der Waals surface area contributed by atoms with Gasteiger partial charge in [0.25, 0.3) is 0 Å². The Balaban J connectivity index is 2.51. The van der Waals surface area contributed by atoms with Crippen LogP contribution in [0.1, 0.15) is 33.6 Å². The van der Waals surface area contributed by atoms with Gasteiger partial charge in [-0.15, -0.1) is 0 Å². The Morgan fingerprint density at radius 3 is 2.65 bits per heavy atom. The number of rotatable bonds is 7. The maximum absolute atomic E-state index is 12.8. The number of ketones is 1. The Morgan fingerprint density at radius 2 is 2.08 bits per heavy atom. The van der Waals surface area contributed by atoms with Gasteiger partial charge >= 0.3 is 5.97 Å². The summed E-state index contributed by atoms with van der Waals surface area (Å²) in [4.78, 5) is 25.5. The van der Waals surface area contributed by atoms with Crippen molar-refractivity contribution in [3.05, 3.63) is 22.5 Å². The van der Waals surface area contributed by atoms with Crippen molar-refractivity contribution in [1.29, 1.82) is 0 Å². The summed E-state index contributed by atoms with van der Waals surface area (Å²) in [6, 6.07) is 0. The summed E-state index contributed by atoms with van der Waals surface area (Å²) < 4.78 is 10.7. The first-order valence-corrected chi connectivity index (χ1v) is 9.13. The van der Waals surface area contributed by atoms with E-state index in [0.717, 1.165) is 5.70 Å². The highest BCUT2D eigenvalue weighted by Crippen LogP contribution is 2.43. The van der Waals surface area contributed by atoms with E-state index in [1.165, 1.54) is 0 Å². The minimum absolute atomic E-state index is 0.0507. The van der Waals surface area contributed by atoms with Gasteiger partial charge in [-0.3, -0.25) is 4.79 Å². The van der Waals surface area contributed by atoms with Crippen LogP contribution in [0.4, 0.5) is 0 Å². The maximum atomic E-state index is 12.8. The number of hydrogen-bond acceptors (Lipinski definition) is 7. The van der Waals surface area contributed by atoms with E-state index in [9.17, 15) is 9.59 Å². The van der Waals surface area contributed by atoms with E-state index in [1.54, 1.807) is 6.92 Å². The van der Waals surface area contributed by atoms with Gasteiger partial charge in [-0.25, -0.2) is 4.79 Å². The number of ether oxygens (including phenoxy) is 2. The van der Waals surface area contributed by atoms with Gasteiger partial charge in [0.1, 0.15) is 0 Å². The number of nitrogens with one attached hydrogen (secondary N) is 1. The predicted molar refractivity (Wildman–Crippen MR) is 102 cm³/mol. The first kappa shape index (κ1) is 20.5. The molecule has 7 nitrogen and oxygen atoms in total. The largest absolute Gasteiger partial charge is 0.463 e.